The van der Waals surface area contributed by atoms with Gasteiger partial charge in [0.15, 0.2) is 0 Å². The summed E-state index contributed by atoms with van der Waals surface area (Å²) in [7, 11) is 0. The van der Waals surface area contributed by atoms with Crippen molar-refractivity contribution in [3.8, 4) is 11.1 Å². The summed E-state index contributed by atoms with van der Waals surface area (Å²) < 4.78 is 0. The van der Waals surface area contributed by atoms with Crippen molar-refractivity contribution in [3.63, 3.8) is 0 Å². The first kappa shape index (κ1) is 12.3. The number of aliphatic hydroxyl groups is 1. The molecule has 2 aromatic carbocycles. The molecule has 0 saturated heterocycles. The summed E-state index contributed by atoms with van der Waals surface area (Å²) in [5, 5.41) is 18.3. The first-order valence-corrected chi connectivity index (χ1v) is 5.66. The Morgan fingerprint density at radius 2 is 1.78 bits per heavy atom. The van der Waals surface area contributed by atoms with Gasteiger partial charge in [0.05, 0.1) is 12.2 Å². The second kappa shape index (κ2) is 5.02. The maximum Gasteiger partial charge on any atom is 0.336 e. The van der Waals surface area contributed by atoms with E-state index in [0.717, 1.165) is 16.7 Å². The Kier molecular flexibility index (Phi) is 3.44. The monoisotopic (exact) mass is 242 g/mol. The standard InChI is InChI=1S/C15H14O3/c1-10-3-2-4-13(14(10)15(17)18)12-7-5-11(9-16)6-8-12/h2-8,16H,9H2,1H3,(H,17,18). The van der Waals surface area contributed by atoms with Crippen molar-refractivity contribution in [1.29, 1.82) is 0 Å². The Balaban J connectivity index is 2.56. The molecule has 3 nitrogen and oxygen atoms in total. The molecule has 2 aromatic rings. The highest BCUT2D eigenvalue weighted by atomic mass is 16.4. The average molecular weight is 242 g/mol. The minimum absolute atomic E-state index is 0.0140. The Morgan fingerprint density at radius 1 is 1.11 bits per heavy atom. The Morgan fingerprint density at radius 3 is 2.33 bits per heavy atom. The lowest BCUT2D eigenvalue weighted by molar-refractivity contribution is 0.0697. The molecule has 92 valence electrons. The van der Waals surface area contributed by atoms with Crippen LogP contribution in [0, 0.1) is 6.92 Å². The van der Waals surface area contributed by atoms with Crippen LogP contribution in [-0.2, 0) is 6.61 Å². The van der Waals surface area contributed by atoms with Crippen LogP contribution in [0.1, 0.15) is 21.5 Å². The number of aryl methyl sites for hydroxylation is 1. The number of aromatic carboxylic acids is 1. The van der Waals surface area contributed by atoms with Crippen LogP contribution < -0.4 is 0 Å². The summed E-state index contributed by atoms with van der Waals surface area (Å²) in [4.78, 5) is 11.3. The van der Waals surface area contributed by atoms with Crippen LogP contribution in [0.2, 0.25) is 0 Å². The smallest absolute Gasteiger partial charge is 0.336 e. The van der Waals surface area contributed by atoms with Gasteiger partial charge in [0.25, 0.3) is 0 Å². The zero-order valence-electron chi connectivity index (χ0n) is 10.1. The van der Waals surface area contributed by atoms with E-state index in [1.54, 1.807) is 31.2 Å². The van der Waals surface area contributed by atoms with Crippen molar-refractivity contribution < 1.29 is 15.0 Å². The molecule has 3 heteroatoms. The van der Waals surface area contributed by atoms with Crippen molar-refractivity contribution >= 4 is 5.97 Å². The first-order valence-electron chi connectivity index (χ1n) is 5.66. The van der Waals surface area contributed by atoms with Gasteiger partial charge in [-0.05, 0) is 29.2 Å². The fraction of sp³-hybridized carbons (Fsp3) is 0.133. The van der Waals surface area contributed by atoms with Crippen molar-refractivity contribution in [1.82, 2.24) is 0 Å². The lowest BCUT2D eigenvalue weighted by atomic mass is 9.95. The third-order valence-electron chi connectivity index (χ3n) is 2.93. The molecule has 0 unspecified atom stereocenters. The second-order valence-electron chi connectivity index (χ2n) is 4.16. The van der Waals surface area contributed by atoms with Crippen molar-refractivity contribution in [2.45, 2.75) is 13.5 Å². The van der Waals surface area contributed by atoms with Crippen LogP contribution in [0.5, 0.6) is 0 Å². The van der Waals surface area contributed by atoms with Crippen LogP contribution in [0.3, 0.4) is 0 Å². The predicted molar refractivity (Wildman–Crippen MR) is 69.5 cm³/mol. The predicted octanol–water partition coefficient (Wildman–Crippen LogP) is 2.85. The lowest BCUT2D eigenvalue weighted by Gasteiger charge is -2.09. The maximum atomic E-state index is 11.3. The molecule has 0 aliphatic rings. The van der Waals surface area contributed by atoms with Gasteiger partial charge >= 0.3 is 5.97 Å². The zero-order valence-corrected chi connectivity index (χ0v) is 10.1. The molecule has 0 bridgehead atoms. The van der Waals surface area contributed by atoms with Crippen LogP contribution >= 0.6 is 0 Å². The number of carboxylic acid groups (broad SMARTS) is 1. The highest BCUT2D eigenvalue weighted by Gasteiger charge is 2.13. The summed E-state index contributed by atoms with van der Waals surface area (Å²) in [6, 6.07) is 12.7. The molecule has 0 aliphatic heterocycles. The molecule has 0 heterocycles. The van der Waals surface area contributed by atoms with Gasteiger partial charge in [0.2, 0.25) is 0 Å². The molecular formula is C15H14O3. The molecule has 2 rings (SSSR count). The largest absolute Gasteiger partial charge is 0.478 e. The number of carboxylic acids is 1. The van der Waals surface area contributed by atoms with Crippen LogP contribution in [0.4, 0.5) is 0 Å². The minimum atomic E-state index is -0.922. The van der Waals surface area contributed by atoms with E-state index in [1.165, 1.54) is 0 Å². The number of carbonyl (C=O) groups is 1. The molecule has 0 atom stereocenters. The van der Waals surface area contributed by atoms with Crippen molar-refractivity contribution in [2.75, 3.05) is 0 Å². The number of aliphatic hydroxyl groups excluding tert-OH is 1. The zero-order chi connectivity index (χ0) is 13.1. The maximum absolute atomic E-state index is 11.3. The molecule has 18 heavy (non-hydrogen) atoms. The van der Waals surface area contributed by atoms with E-state index in [9.17, 15) is 9.90 Å². The Hall–Kier alpha value is -2.13. The van der Waals surface area contributed by atoms with Gasteiger partial charge in [-0.2, -0.15) is 0 Å². The van der Waals surface area contributed by atoms with Gasteiger partial charge in [0, 0.05) is 0 Å². The summed E-state index contributed by atoms with van der Waals surface area (Å²) in [5.74, 6) is -0.922. The van der Waals surface area contributed by atoms with E-state index >= 15 is 0 Å². The van der Waals surface area contributed by atoms with Gasteiger partial charge in [-0.25, -0.2) is 4.79 Å². The first-order chi connectivity index (χ1) is 8.63. The molecule has 0 aliphatic carbocycles. The molecule has 0 saturated carbocycles. The molecule has 0 fully saturated rings. The molecule has 0 aromatic heterocycles. The highest BCUT2D eigenvalue weighted by molar-refractivity contribution is 5.97. The summed E-state index contributed by atoms with van der Waals surface area (Å²) >= 11 is 0. The van der Waals surface area contributed by atoms with E-state index in [4.69, 9.17) is 5.11 Å². The van der Waals surface area contributed by atoms with Crippen LogP contribution in [-0.4, -0.2) is 16.2 Å². The van der Waals surface area contributed by atoms with E-state index in [1.807, 2.05) is 18.2 Å². The van der Waals surface area contributed by atoms with Gasteiger partial charge < -0.3 is 10.2 Å². The summed E-state index contributed by atoms with van der Waals surface area (Å²) in [6.07, 6.45) is 0. The fourth-order valence-electron chi connectivity index (χ4n) is 1.98. The van der Waals surface area contributed by atoms with Crippen molar-refractivity contribution in [3.05, 3.63) is 59.2 Å². The number of hydrogen-bond acceptors (Lipinski definition) is 2. The number of rotatable bonds is 3. The lowest BCUT2D eigenvalue weighted by Crippen LogP contribution is -2.02. The second-order valence-corrected chi connectivity index (χ2v) is 4.16. The fourth-order valence-corrected chi connectivity index (χ4v) is 1.98. The van der Waals surface area contributed by atoms with Gasteiger partial charge in [-0.3, -0.25) is 0 Å². The third kappa shape index (κ3) is 2.26. The SMILES string of the molecule is Cc1cccc(-c2ccc(CO)cc2)c1C(=O)O. The van der Waals surface area contributed by atoms with Crippen LogP contribution in [0.15, 0.2) is 42.5 Å². The van der Waals surface area contributed by atoms with E-state index < -0.39 is 5.97 Å². The third-order valence-corrected chi connectivity index (χ3v) is 2.93. The van der Waals surface area contributed by atoms with E-state index in [0.29, 0.717) is 11.1 Å². The minimum Gasteiger partial charge on any atom is -0.478 e. The molecule has 2 N–H and O–H groups in total. The Labute approximate surface area is 105 Å². The summed E-state index contributed by atoms with van der Waals surface area (Å²) in [6.45, 7) is 1.77. The quantitative estimate of drug-likeness (QED) is 0.870. The van der Waals surface area contributed by atoms with Gasteiger partial charge in [0.1, 0.15) is 0 Å². The molecular weight excluding hydrogens is 228 g/mol. The topological polar surface area (TPSA) is 57.5 Å². The van der Waals surface area contributed by atoms with E-state index in [-0.39, 0.29) is 6.61 Å². The van der Waals surface area contributed by atoms with Gasteiger partial charge in [-0.1, -0.05) is 42.5 Å². The van der Waals surface area contributed by atoms with E-state index in [2.05, 4.69) is 0 Å². The number of benzene rings is 2. The van der Waals surface area contributed by atoms with Gasteiger partial charge in [-0.15, -0.1) is 0 Å². The van der Waals surface area contributed by atoms with Crippen LogP contribution in [0.25, 0.3) is 11.1 Å². The highest BCUT2D eigenvalue weighted by Crippen LogP contribution is 2.26. The summed E-state index contributed by atoms with van der Waals surface area (Å²) in [5.41, 5.74) is 3.42. The molecule has 0 amide bonds. The number of hydrogen-bond donors (Lipinski definition) is 2. The normalized spacial score (nSPS) is 10.3. The molecule has 0 radical (unpaired) electrons. The Bertz CT molecular complexity index is 571. The molecule has 0 spiro atoms. The van der Waals surface area contributed by atoms with Crippen molar-refractivity contribution in [2.24, 2.45) is 0 Å². The average Bonchev–Trinajstić information content (AvgIpc) is 2.38.